The Morgan fingerprint density at radius 1 is 1.38 bits per heavy atom. The second-order valence-electron chi connectivity index (χ2n) is 3.35. The van der Waals surface area contributed by atoms with Crippen LogP contribution in [0.4, 0.5) is 13.2 Å². The normalized spacial score (nSPS) is 11.8. The molecular weight excluding hydrogens is 243 g/mol. The van der Waals surface area contributed by atoms with Crippen LogP contribution in [0.3, 0.4) is 0 Å². The van der Waals surface area contributed by atoms with Crippen LogP contribution >= 0.6 is 11.6 Å². The van der Waals surface area contributed by atoms with Gasteiger partial charge >= 0.3 is 0 Å². The first-order valence-corrected chi connectivity index (χ1v) is 4.96. The van der Waals surface area contributed by atoms with Gasteiger partial charge in [0, 0.05) is 17.1 Å². The molecular formula is C10H11ClF3NO. The molecule has 1 aromatic rings. The molecule has 16 heavy (non-hydrogen) atoms. The van der Waals surface area contributed by atoms with Crippen LogP contribution in [0, 0.1) is 5.82 Å². The number of hydrogen-bond donors (Lipinski definition) is 2. The summed E-state index contributed by atoms with van der Waals surface area (Å²) < 4.78 is 38.3. The molecule has 6 heteroatoms. The average Bonchev–Trinajstić information content (AvgIpc) is 2.23. The lowest BCUT2D eigenvalue weighted by molar-refractivity contribution is -0.0478. The number of benzene rings is 1. The molecule has 1 rings (SSSR count). The predicted octanol–water partition coefficient (Wildman–Crippen LogP) is 2.20. The summed E-state index contributed by atoms with van der Waals surface area (Å²) in [7, 11) is 0. The van der Waals surface area contributed by atoms with Crippen LogP contribution in [0.5, 0.6) is 0 Å². The number of aliphatic hydroxyl groups is 1. The van der Waals surface area contributed by atoms with Crippen molar-refractivity contribution in [1.29, 1.82) is 0 Å². The molecule has 0 atom stereocenters. The molecule has 0 aromatic heterocycles. The number of rotatable bonds is 5. The third kappa shape index (κ3) is 4.00. The van der Waals surface area contributed by atoms with Gasteiger partial charge in [-0.25, -0.2) is 13.2 Å². The molecule has 1 aromatic carbocycles. The van der Waals surface area contributed by atoms with Gasteiger partial charge in [-0.2, -0.15) is 0 Å². The van der Waals surface area contributed by atoms with E-state index in [0.717, 1.165) is 0 Å². The van der Waals surface area contributed by atoms with E-state index in [2.05, 4.69) is 5.32 Å². The Hall–Kier alpha value is -0.780. The van der Waals surface area contributed by atoms with Gasteiger partial charge in [0.05, 0.1) is 6.54 Å². The lowest BCUT2D eigenvalue weighted by Gasteiger charge is -2.14. The summed E-state index contributed by atoms with van der Waals surface area (Å²) in [4.78, 5) is 0. The van der Waals surface area contributed by atoms with E-state index in [1.807, 2.05) is 0 Å². The summed E-state index contributed by atoms with van der Waals surface area (Å²) in [6.07, 6.45) is 0. The Balaban J connectivity index is 2.52. The Morgan fingerprint density at radius 2 is 2.06 bits per heavy atom. The van der Waals surface area contributed by atoms with Crippen molar-refractivity contribution in [3.05, 3.63) is 34.6 Å². The maximum Gasteiger partial charge on any atom is 0.282 e. The lowest BCUT2D eigenvalue weighted by atomic mass is 10.2. The van der Waals surface area contributed by atoms with E-state index in [0.29, 0.717) is 5.02 Å². The topological polar surface area (TPSA) is 32.3 Å². The third-order valence-electron chi connectivity index (χ3n) is 1.94. The molecule has 0 amide bonds. The lowest BCUT2D eigenvalue weighted by Crippen LogP contribution is -2.35. The van der Waals surface area contributed by atoms with Crippen LogP contribution in [-0.2, 0) is 6.54 Å². The van der Waals surface area contributed by atoms with Gasteiger partial charge in [-0.1, -0.05) is 11.6 Å². The molecule has 0 aliphatic rings. The number of hydrogen-bond acceptors (Lipinski definition) is 2. The molecule has 0 saturated carbocycles. The molecule has 0 heterocycles. The first-order valence-electron chi connectivity index (χ1n) is 4.58. The molecule has 0 aliphatic carbocycles. The van der Waals surface area contributed by atoms with E-state index in [1.165, 1.54) is 18.2 Å². The molecule has 0 spiro atoms. The first-order chi connectivity index (χ1) is 7.44. The highest BCUT2D eigenvalue weighted by Crippen LogP contribution is 2.15. The van der Waals surface area contributed by atoms with Gasteiger partial charge in [0.15, 0.2) is 0 Å². The SMILES string of the molecule is OCC(F)(F)CNCc1cc(Cl)ccc1F. The van der Waals surface area contributed by atoms with Crippen LogP contribution in [0.15, 0.2) is 18.2 Å². The van der Waals surface area contributed by atoms with Crippen LogP contribution in [-0.4, -0.2) is 24.2 Å². The van der Waals surface area contributed by atoms with E-state index in [9.17, 15) is 13.2 Å². The fourth-order valence-corrected chi connectivity index (χ4v) is 1.31. The Bertz CT molecular complexity index is 360. The van der Waals surface area contributed by atoms with Crippen LogP contribution in [0.2, 0.25) is 5.02 Å². The number of aliphatic hydroxyl groups excluding tert-OH is 1. The Kier molecular flexibility index (Phi) is 4.58. The summed E-state index contributed by atoms with van der Waals surface area (Å²) in [6.45, 7) is -2.02. The van der Waals surface area contributed by atoms with Crippen LogP contribution in [0.25, 0.3) is 0 Å². The zero-order valence-corrected chi connectivity index (χ0v) is 9.07. The van der Waals surface area contributed by atoms with Crippen molar-refractivity contribution in [3.63, 3.8) is 0 Å². The minimum absolute atomic E-state index is 0.0675. The van der Waals surface area contributed by atoms with Crippen molar-refractivity contribution in [2.45, 2.75) is 12.5 Å². The fourth-order valence-electron chi connectivity index (χ4n) is 1.11. The monoisotopic (exact) mass is 253 g/mol. The predicted molar refractivity (Wildman–Crippen MR) is 55.1 cm³/mol. The Labute approximate surface area is 96.0 Å². The van der Waals surface area contributed by atoms with Gasteiger partial charge in [0.25, 0.3) is 5.92 Å². The molecule has 0 aliphatic heterocycles. The summed E-state index contributed by atoms with van der Waals surface area (Å²) in [5.41, 5.74) is 0.209. The van der Waals surface area contributed by atoms with Crippen molar-refractivity contribution in [2.24, 2.45) is 0 Å². The van der Waals surface area contributed by atoms with E-state index in [4.69, 9.17) is 16.7 Å². The first kappa shape index (κ1) is 13.3. The highest BCUT2D eigenvalue weighted by Gasteiger charge is 2.26. The van der Waals surface area contributed by atoms with Gasteiger partial charge in [-0.05, 0) is 18.2 Å². The number of alkyl halides is 2. The van der Waals surface area contributed by atoms with E-state index < -0.39 is 24.9 Å². The molecule has 0 unspecified atom stereocenters. The van der Waals surface area contributed by atoms with Crippen LogP contribution in [0.1, 0.15) is 5.56 Å². The molecule has 0 radical (unpaired) electrons. The molecule has 2 N–H and O–H groups in total. The van der Waals surface area contributed by atoms with Gasteiger partial charge in [0.2, 0.25) is 0 Å². The van der Waals surface area contributed by atoms with E-state index in [-0.39, 0.29) is 12.1 Å². The second kappa shape index (κ2) is 5.52. The summed E-state index contributed by atoms with van der Waals surface area (Å²) in [6, 6.07) is 3.91. The number of nitrogens with one attached hydrogen (secondary N) is 1. The quantitative estimate of drug-likeness (QED) is 0.843. The Morgan fingerprint density at radius 3 is 2.69 bits per heavy atom. The summed E-state index contributed by atoms with van der Waals surface area (Å²) >= 11 is 5.63. The largest absolute Gasteiger partial charge is 0.390 e. The average molecular weight is 254 g/mol. The van der Waals surface area contributed by atoms with Crippen molar-refractivity contribution in [3.8, 4) is 0 Å². The minimum Gasteiger partial charge on any atom is -0.390 e. The van der Waals surface area contributed by atoms with Gasteiger partial charge in [0.1, 0.15) is 12.4 Å². The molecule has 0 fully saturated rings. The molecule has 2 nitrogen and oxygen atoms in total. The van der Waals surface area contributed by atoms with Crippen LogP contribution < -0.4 is 5.32 Å². The smallest absolute Gasteiger partial charge is 0.282 e. The van der Waals surface area contributed by atoms with Gasteiger partial charge < -0.3 is 10.4 Å². The zero-order chi connectivity index (χ0) is 12.2. The molecule has 90 valence electrons. The van der Waals surface area contributed by atoms with E-state index in [1.54, 1.807) is 0 Å². The van der Waals surface area contributed by atoms with Gasteiger partial charge in [-0.3, -0.25) is 0 Å². The summed E-state index contributed by atoms with van der Waals surface area (Å²) in [5, 5.41) is 11.0. The molecule has 0 saturated heterocycles. The number of halogens is 4. The van der Waals surface area contributed by atoms with Crippen molar-refractivity contribution in [2.75, 3.05) is 13.2 Å². The summed E-state index contributed by atoms with van der Waals surface area (Å²) in [5.74, 6) is -3.71. The highest BCUT2D eigenvalue weighted by molar-refractivity contribution is 6.30. The van der Waals surface area contributed by atoms with Crippen molar-refractivity contribution < 1.29 is 18.3 Å². The standard InChI is InChI=1S/C10H11ClF3NO/c11-8-1-2-9(12)7(3-8)4-15-5-10(13,14)6-16/h1-3,15-16H,4-6H2. The van der Waals surface area contributed by atoms with E-state index >= 15 is 0 Å². The van der Waals surface area contributed by atoms with Gasteiger partial charge in [-0.15, -0.1) is 0 Å². The van der Waals surface area contributed by atoms with Crippen molar-refractivity contribution >= 4 is 11.6 Å². The maximum absolute atomic E-state index is 13.1. The highest BCUT2D eigenvalue weighted by atomic mass is 35.5. The molecule has 0 bridgehead atoms. The fraction of sp³-hybridized carbons (Fsp3) is 0.400. The zero-order valence-electron chi connectivity index (χ0n) is 8.31. The minimum atomic E-state index is -3.20. The maximum atomic E-state index is 13.1. The third-order valence-corrected chi connectivity index (χ3v) is 2.17. The van der Waals surface area contributed by atoms with Crippen molar-refractivity contribution in [1.82, 2.24) is 5.32 Å². The second-order valence-corrected chi connectivity index (χ2v) is 3.79.